The Balaban J connectivity index is 1.74. The first-order valence-electron chi connectivity index (χ1n) is 9.60. The molecule has 25 heavy (non-hydrogen) atoms. The van der Waals surface area contributed by atoms with Crippen molar-refractivity contribution in [3.05, 3.63) is 29.8 Å². The predicted octanol–water partition coefficient (Wildman–Crippen LogP) is 2.88. The van der Waals surface area contributed by atoms with Gasteiger partial charge < -0.3 is 15.4 Å². The third-order valence-corrected chi connectivity index (χ3v) is 5.47. The van der Waals surface area contributed by atoms with Crippen molar-refractivity contribution in [2.45, 2.75) is 38.6 Å². The van der Waals surface area contributed by atoms with Gasteiger partial charge in [0.25, 0.3) is 0 Å². The summed E-state index contributed by atoms with van der Waals surface area (Å²) in [6.45, 7) is 7.35. The number of nitrogens with two attached hydrogens (primary N) is 1. The van der Waals surface area contributed by atoms with Crippen LogP contribution in [-0.4, -0.2) is 55.6 Å². The summed E-state index contributed by atoms with van der Waals surface area (Å²) in [4.78, 5) is 9.58. The Hall–Kier alpha value is -1.75. The van der Waals surface area contributed by atoms with Crippen LogP contribution in [0.25, 0.3) is 0 Å². The van der Waals surface area contributed by atoms with E-state index in [2.05, 4.69) is 34.9 Å². The molecule has 5 nitrogen and oxygen atoms in total. The largest absolute Gasteiger partial charge is 0.497 e. The third kappa shape index (κ3) is 4.66. The summed E-state index contributed by atoms with van der Waals surface area (Å²) in [7, 11) is 1.72. The molecule has 138 valence electrons. The number of hydrogen-bond donors (Lipinski definition) is 1. The highest BCUT2D eigenvalue weighted by atomic mass is 16.5. The molecule has 2 heterocycles. The topological polar surface area (TPSA) is 54.1 Å². The third-order valence-electron chi connectivity index (χ3n) is 5.47. The van der Waals surface area contributed by atoms with Gasteiger partial charge in [0.1, 0.15) is 5.75 Å². The van der Waals surface area contributed by atoms with E-state index in [1.807, 2.05) is 6.07 Å². The highest BCUT2D eigenvalue weighted by Crippen LogP contribution is 2.28. The number of guanidine groups is 1. The van der Waals surface area contributed by atoms with Gasteiger partial charge in [0.15, 0.2) is 5.96 Å². The van der Waals surface area contributed by atoms with Crippen molar-refractivity contribution in [3.63, 3.8) is 0 Å². The standard InChI is InChI=1S/C20H32N4O/c1-16-7-6-12-24(15-16)20(21)22-14-19(23-10-3-4-11-23)17-8-5-9-18(13-17)25-2/h5,8-9,13,16,19H,3-4,6-7,10-12,14-15H2,1-2H3,(H2,21,22). The molecule has 0 spiro atoms. The summed E-state index contributed by atoms with van der Waals surface area (Å²) in [5.74, 6) is 2.32. The van der Waals surface area contributed by atoms with Gasteiger partial charge in [0.2, 0.25) is 0 Å². The van der Waals surface area contributed by atoms with E-state index in [1.165, 1.54) is 31.2 Å². The smallest absolute Gasteiger partial charge is 0.191 e. The lowest BCUT2D eigenvalue weighted by atomic mass is 10.0. The normalized spacial score (nSPS) is 23.7. The Kier molecular flexibility index (Phi) is 6.19. The molecule has 2 atom stereocenters. The highest BCUT2D eigenvalue weighted by molar-refractivity contribution is 5.78. The maximum Gasteiger partial charge on any atom is 0.191 e. The molecule has 0 amide bonds. The molecule has 0 aliphatic carbocycles. The first kappa shape index (κ1) is 18.1. The van der Waals surface area contributed by atoms with Gasteiger partial charge in [-0.2, -0.15) is 0 Å². The number of piperidine rings is 1. The molecule has 2 aliphatic rings. The molecule has 5 heteroatoms. The number of likely N-dealkylation sites (tertiary alicyclic amines) is 2. The SMILES string of the molecule is COc1cccc(C(CN=C(N)N2CCCC(C)C2)N2CCCC2)c1. The zero-order valence-corrected chi connectivity index (χ0v) is 15.7. The number of rotatable bonds is 5. The van der Waals surface area contributed by atoms with E-state index in [4.69, 9.17) is 15.5 Å². The molecule has 0 radical (unpaired) electrons. The van der Waals surface area contributed by atoms with E-state index in [9.17, 15) is 0 Å². The molecule has 3 rings (SSSR count). The lowest BCUT2D eigenvalue weighted by Crippen LogP contribution is -2.44. The Morgan fingerprint density at radius 2 is 2.08 bits per heavy atom. The van der Waals surface area contributed by atoms with Crippen LogP contribution in [0.1, 0.15) is 44.2 Å². The van der Waals surface area contributed by atoms with Crippen molar-refractivity contribution in [3.8, 4) is 5.75 Å². The molecular weight excluding hydrogens is 312 g/mol. The van der Waals surface area contributed by atoms with E-state index < -0.39 is 0 Å². The zero-order valence-electron chi connectivity index (χ0n) is 15.7. The number of methoxy groups -OCH3 is 1. The minimum atomic E-state index is 0.276. The summed E-state index contributed by atoms with van der Waals surface area (Å²) in [5.41, 5.74) is 7.59. The number of aliphatic imine (C=N–C) groups is 1. The second-order valence-corrected chi connectivity index (χ2v) is 7.43. The van der Waals surface area contributed by atoms with E-state index in [0.29, 0.717) is 18.4 Å². The zero-order chi connectivity index (χ0) is 17.6. The molecule has 0 saturated carbocycles. The fourth-order valence-corrected chi connectivity index (χ4v) is 4.01. The number of hydrogen-bond acceptors (Lipinski definition) is 3. The minimum Gasteiger partial charge on any atom is -0.497 e. The van der Waals surface area contributed by atoms with Gasteiger partial charge in [-0.1, -0.05) is 19.1 Å². The number of ether oxygens (including phenoxy) is 1. The maximum atomic E-state index is 6.32. The Labute approximate surface area is 151 Å². The molecule has 2 unspecified atom stereocenters. The van der Waals surface area contributed by atoms with Crippen LogP contribution in [0.5, 0.6) is 5.75 Å². The van der Waals surface area contributed by atoms with Crippen LogP contribution < -0.4 is 10.5 Å². The first-order valence-corrected chi connectivity index (χ1v) is 9.60. The summed E-state index contributed by atoms with van der Waals surface area (Å²) >= 11 is 0. The van der Waals surface area contributed by atoms with Crippen LogP contribution in [0, 0.1) is 5.92 Å². The molecule has 1 aromatic rings. The number of nitrogens with zero attached hydrogens (tertiary/aromatic N) is 3. The fraction of sp³-hybridized carbons (Fsp3) is 0.650. The average Bonchev–Trinajstić information content (AvgIpc) is 3.16. The predicted molar refractivity (Wildman–Crippen MR) is 103 cm³/mol. The van der Waals surface area contributed by atoms with E-state index in [0.717, 1.165) is 31.9 Å². The van der Waals surface area contributed by atoms with Gasteiger partial charge in [0.05, 0.1) is 19.7 Å². The summed E-state index contributed by atoms with van der Waals surface area (Å²) in [5, 5.41) is 0. The van der Waals surface area contributed by atoms with E-state index in [-0.39, 0.29) is 6.04 Å². The summed E-state index contributed by atoms with van der Waals surface area (Å²) in [6, 6.07) is 8.66. The molecule has 0 bridgehead atoms. The van der Waals surface area contributed by atoms with Crippen LogP contribution in [0.4, 0.5) is 0 Å². The minimum absolute atomic E-state index is 0.276. The van der Waals surface area contributed by atoms with E-state index in [1.54, 1.807) is 7.11 Å². The monoisotopic (exact) mass is 344 g/mol. The molecule has 2 fully saturated rings. The van der Waals surface area contributed by atoms with Crippen molar-refractivity contribution >= 4 is 5.96 Å². The molecule has 2 saturated heterocycles. The first-order chi connectivity index (χ1) is 12.2. The van der Waals surface area contributed by atoms with E-state index >= 15 is 0 Å². The van der Waals surface area contributed by atoms with Gasteiger partial charge in [0, 0.05) is 13.1 Å². The molecule has 1 aromatic carbocycles. The van der Waals surface area contributed by atoms with Gasteiger partial charge in [-0.25, -0.2) is 0 Å². The van der Waals surface area contributed by atoms with Crippen molar-refractivity contribution in [2.24, 2.45) is 16.6 Å². The van der Waals surface area contributed by atoms with Crippen LogP contribution in [-0.2, 0) is 0 Å². The molecular formula is C20H32N4O. The second-order valence-electron chi connectivity index (χ2n) is 7.43. The highest BCUT2D eigenvalue weighted by Gasteiger charge is 2.24. The lowest BCUT2D eigenvalue weighted by Gasteiger charge is -2.32. The maximum absolute atomic E-state index is 6.32. The summed E-state index contributed by atoms with van der Waals surface area (Å²) < 4.78 is 5.41. The van der Waals surface area contributed by atoms with Crippen molar-refractivity contribution in [2.75, 3.05) is 39.8 Å². The van der Waals surface area contributed by atoms with Crippen LogP contribution >= 0.6 is 0 Å². The molecule has 0 aromatic heterocycles. The van der Waals surface area contributed by atoms with Crippen LogP contribution in [0.2, 0.25) is 0 Å². The Bertz CT molecular complexity index is 583. The van der Waals surface area contributed by atoms with Crippen molar-refractivity contribution < 1.29 is 4.74 Å². The second kappa shape index (κ2) is 8.56. The molecule has 2 N–H and O–H groups in total. The molecule has 2 aliphatic heterocycles. The quantitative estimate of drug-likeness (QED) is 0.659. The van der Waals surface area contributed by atoms with Gasteiger partial charge >= 0.3 is 0 Å². The van der Waals surface area contributed by atoms with Gasteiger partial charge in [-0.3, -0.25) is 9.89 Å². The van der Waals surface area contributed by atoms with Crippen LogP contribution in [0.15, 0.2) is 29.3 Å². The lowest BCUT2D eigenvalue weighted by molar-refractivity contribution is 0.247. The van der Waals surface area contributed by atoms with Crippen molar-refractivity contribution in [1.82, 2.24) is 9.80 Å². The Morgan fingerprint density at radius 3 is 2.80 bits per heavy atom. The van der Waals surface area contributed by atoms with Crippen LogP contribution in [0.3, 0.4) is 0 Å². The average molecular weight is 345 g/mol. The van der Waals surface area contributed by atoms with Crippen molar-refractivity contribution in [1.29, 1.82) is 0 Å². The Morgan fingerprint density at radius 1 is 1.28 bits per heavy atom. The fourth-order valence-electron chi connectivity index (χ4n) is 4.01. The van der Waals surface area contributed by atoms with Gasteiger partial charge in [-0.15, -0.1) is 0 Å². The number of benzene rings is 1. The van der Waals surface area contributed by atoms with Gasteiger partial charge in [-0.05, 0) is 62.4 Å². The summed E-state index contributed by atoms with van der Waals surface area (Å²) in [6.07, 6.45) is 5.04.